The van der Waals surface area contributed by atoms with Crippen molar-refractivity contribution < 1.29 is 19.1 Å². The number of ether oxygens (including phenoxy) is 2. The first-order chi connectivity index (χ1) is 13.9. The van der Waals surface area contributed by atoms with Crippen LogP contribution in [0.1, 0.15) is 18.4 Å². The summed E-state index contributed by atoms with van der Waals surface area (Å²) in [5, 5.41) is 5.04. The molecule has 0 unspecified atom stereocenters. The molecular weight excluding hydrogens is 368 g/mol. The van der Waals surface area contributed by atoms with Crippen molar-refractivity contribution in [3.8, 4) is 5.75 Å². The summed E-state index contributed by atoms with van der Waals surface area (Å²) in [6.45, 7) is 1.87. The fourth-order valence-electron chi connectivity index (χ4n) is 3.05. The van der Waals surface area contributed by atoms with Gasteiger partial charge in [0.05, 0.1) is 20.1 Å². The minimum absolute atomic E-state index is 0.105. The molecule has 3 aromatic carbocycles. The van der Waals surface area contributed by atoms with Crippen molar-refractivity contribution in [3.05, 3.63) is 66.2 Å². The summed E-state index contributed by atoms with van der Waals surface area (Å²) in [4.78, 5) is 25.7. The van der Waals surface area contributed by atoms with Crippen molar-refractivity contribution in [1.29, 1.82) is 0 Å². The van der Waals surface area contributed by atoms with E-state index in [2.05, 4.69) is 5.32 Å². The fraction of sp³-hybridized carbons (Fsp3) is 0.217. The van der Waals surface area contributed by atoms with Crippen LogP contribution in [0, 0.1) is 0 Å². The lowest BCUT2D eigenvalue weighted by Gasteiger charge is -2.17. The van der Waals surface area contributed by atoms with Gasteiger partial charge in [0.15, 0.2) is 0 Å². The molecule has 6 nitrogen and oxygen atoms in total. The quantitative estimate of drug-likeness (QED) is 0.678. The number of anilines is 2. The second kappa shape index (κ2) is 8.65. The van der Waals surface area contributed by atoms with Crippen LogP contribution in [0.2, 0.25) is 0 Å². The zero-order chi connectivity index (χ0) is 21.0. The largest absolute Gasteiger partial charge is 0.497 e. The average Bonchev–Trinajstić information content (AvgIpc) is 2.77. The Balaban J connectivity index is 1.71. The van der Waals surface area contributed by atoms with Crippen molar-refractivity contribution in [2.45, 2.75) is 12.8 Å². The number of hydrogen-bond acceptors (Lipinski definition) is 4. The van der Waals surface area contributed by atoms with Gasteiger partial charge in [-0.25, -0.2) is 4.79 Å². The highest BCUT2D eigenvalue weighted by Gasteiger charge is 2.16. The summed E-state index contributed by atoms with van der Waals surface area (Å²) in [6.07, 6.45) is -0.454. The normalized spacial score (nSPS) is 11.6. The Morgan fingerprint density at radius 1 is 0.931 bits per heavy atom. The van der Waals surface area contributed by atoms with E-state index >= 15 is 0 Å². The molecule has 0 aromatic heterocycles. The van der Waals surface area contributed by atoms with Crippen LogP contribution < -0.4 is 15.0 Å². The monoisotopic (exact) mass is 392 g/mol. The minimum Gasteiger partial charge on any atom is -0.497 e. The van der Waals surface area contributed by atoms with Crippen LogP contribution in [0.15, 0.2) is 60.7 Å². The maximum absolute atomic E-state index is 12.7. The highest BCUT2D eigenvalue weighted by molar-refractivity contribution is 5.97. The molecule has 1 atom stereocenters. The van der Waals surface area contributed by atoms with Crippen LogP contribution in [-0.2, 0) is 9.53 Å². The molecule has 0 bridgehead atoms. The Labute approximate surface area is 170 Å². The summed E-state index contributed by atoms with van der Waals surface area (Å²) in [7, 11) is 4.59. The highest BCUT2D eigenvalue weighted by atomic mass is 16.5. The molecule has 150 valence electrons. The molecule has 0 aliphatic heterocycles. The number of carbonyl (C=O) groups excluding carboxylic acids is 2. The summed E-state index contributed by atoms with van der Waals surface area (Å²) >= 11 is 0. The predicted octanol–water partition coefficient (Wildman–Crippen LogP) is 4.79. The van der Waals surface area contributed by atoms with Crippen LogP contribution in [-0.4, -0.2) is 33.3 Å². The first kappa shape index (κ1) is 20.2. The summed E-state index contributed by atoms with van der Waals surface area (Å²) in [5.41, 5.74) is 2.27. The lowest BCUT2D eigenvalue weighted by atomic mass is 9.97. The van der Waals surface area contributed by atoms with Gasteiger partial charge in [-0.15, -0.1) is 0 Å². The molecule has 29 heavy (non-hydrogen) atoms. The average molecular weight is 392 g/mol. The summed E-state index contributed by atoms with van der Waals surface area (Å²) in [6, 6.07) is 18.8. The van der Waals surface area contributed by atoms with Gasteiger partial charge in [0.1, 0.15) is 5.75 Å². The van der Waals surface area contributed by atoms with Crippen LogP contribution in [0.25, 0.3) is 10.8 Å². The Hall–Kier alpha value is -3.54. The highest BCUT2D eigenvalue weighted by Crippen LogP contribution is 2.26. The molecule has 3 aromatic rings. The van der Waals surface area contributed by atoms with Crippen LogP contribution >= 0.6 is 0 Å². The van der Waals surface area contributed by atoms with Crippen molar-refractivity contribution in [3.63, 3.8) is 0 Å². The number of nitrogens with zero attached hydrogens (tertiary/aromatic N) is 1. The Bertz CT molecular complexity index is 1030. The van der Waals surface area contributed by atoms with Gasteiger partial charge in [-0.2, -0.15) is 0 Å². The maximum atomic E-state index is 12.7. The maximum Gasteiger partial charge on any atom is 0.413 e. The molecule has 0 saturated carbocycles. The molecule has 6 heteroatoms. The Morgan fingerprint density at radius 2 is 1.59 bits per heavy atom. The van der Waals surface area contributed by atoms with Crippen molar-refractivity contribution in [1.82, 2.24) is 0 Å². The molecule has 0 fully saturated rings. The lowest BCUT2D eigenvalue weighted by Crippen LogP contribution is -2.25. The van der Waals surface area contributed by atoms with E-state index in [4.69, 9.17) is 9.47 Å². The standard InChI is InChI=1S/C23H24N2O4/c1-15(16-5-6-18-14-21(28-3)12-7-17(18)13-16)22(26)24-19-8-10-20(11-9-19)25(2)23(27)29-4/h5-15H,1-4H3,(H,24,26)/t15-/m0/s1. The first-order valence-electron chi connectivity index (χ1n) is 9.23. The number of hydrogen-bond donors (Lipinski definition) is 1. The van der Waals surface area contributed by atoms with Gasteiger partial charge in [-0.05, 0) is 59.7 Å². The smallest absolute Gasteiger partial charge is 0.413 e. The van der Waals surface area contributed by atoms with Gasteiger partial charge >= 0.3 is 6.09 Å². The van der Waals surface area contributed by atoms with E-state index in [1.165, 1.54) is 12.0 Å². The van der Waals surface area contributed by atoms with Crippen LogP contribution in [0.4, 0.5) is 16.2 Å². The van der Waals surface area contributed by atoms with E-state index in [0.717, 1.165) is 22.1 Å². The second-order valence-corrected chi connectivity index (χ2v) is 6.76. The van der Waals surface area contributed by atoms with Crippen LogP contribution in [0.5, 0.6) is 5.75 Å². The molecule has 3 rings (SSSR count). The Kier molecular flexibility index (Phi) is 6.02. The second-order valence-electron chi connectivity index (χ2n) is 6.76. The number of rotatable bonds is 5. The van der Waals surface area contributed by atoms with Crippen LogP contribution in [0.3, 0.4) is 0 Å². The predicted molar refractivity (Wildman–Crippen MR) is 115 cm³/mol. The van der Waals surface area contributed by atoms with E-state index in [0.29, 0.717) is 11.4 Å². The number of benzene rings is 3. The van der Waals surface area contributed by atoms with Gasteiger partial charge in [-0.1, -0.05) is 24.3 Å². The first-order valence-corrected chi connectivity index (χ1v) is 9.23. The minimum atomic E-state index is -0.454. The summed E-state index contributed by atoms with van der Waals surface area (Å²) in [5.74, 6) is 0.378. The molecule has 0 saturated heterocycles. The molecule has 0 aliphatic carbocycles. The topological polar surface area (TPSA) is 67.9 Å². The Morgan fingerprint density at radius 3 is 2.24 bits per heavy atom. The van der Waals surface area contributed by atoms with Gasteiger partial charge in [0.2, 0.25) is 5.91 Å². The van der Waals surface area contributed by atoms with Gasteiger partial charge in [0, 0.05) is 18.4 Å². The zero-order valence-electron chi connectivity index (χ0n) is 16.9. The third-order valence-corrected chi connectivity index (χ3v) is 4.94. The van der Waals surface area contributed by atoms with E-state index in [9.17, 15) is 9.59 Å². The van der Waals surface area contributed by atoms with E-state index in [1.54, 1.807) is 38.4 Å². The molecule has 0 spiro atoms. The summed E-state index contributed by atoms with van der Waals surface area (Å²) < 4.78 is 9.95. The third kappa shape index (κ3) is 4.48. The number of nitrogens with one attached hydrogen (secondary N) is 1. The van der Waals surface area contributed by atoms with E-state index in [1.807, 2.05) is 43.3 Å². The van der Waals surface area contributed by atoms with Gasteiger partial charge in [0.25, 0.3) is 0 Å². The SMILES string of the molecule is COC(=O)N(C)c1ccc(NC(=O)[C@@H](C)c2ccc3cc(OC)ccc3c2)cc1. The molecule has 0 aliphatic rings. The third-order valence-electron chi connectivity index (χ3n) is 4.94. The number of methoxy groups -OCH3 is 2. The van der Waals surface area contributed by atoms with Crippen molar-refractivity contribution >= 4 is 34.1 Å². The van der Waals surface area contributed by atoms with Crippen molar-refractivity contribution in [2.75, 3.05) is 31.5 Å². The number of amides is 2. The molecule has 2 amide bonds. The number of fused-ring (bicyclic) bond motifs is 1. The molecule has 0 radical (unpaired) electrons. The lowest BCUT2D eigenvalue weighted by molar-refractivity contribution is -0.117. The molecule has 0 heterocycles. The zero-order valence-corrected chi connectivity index (χ0v) is 16.9. The fourth-order valence-corrected chi connectivity index (χ4v) is 3.05. The van der Waals surface area contributed by atoms with Gasteiger partial charge in [-0.3, -0.25) is 9.69 Å². The van der Waals surface area contributed by atoms with Crippen molar-refractivity contribution in [2.24, 2.45) is 0 Å². The molecule has 1 N–H and O–H groups in total. The van der Waals surface area contributed by atoms with Gasteiger partial charge < -0.3 is 14.8 Å². The number of carbonyl (C=O) groups is 2. The van der Waals surface area contributed by atoms with E-state index in [-0.39, 0.29) is 11.8 Å². The molecular formula is C23H24N2O4. The van der Waals surface area contributed by atoms with E-state index < -0.39 is 6.09 Å².